The number of alkyl carbamates (subject to hydrolysis) is 1. The summed E-state index contributed by atoms with van der Waals surface area (Å²) in [5, 5.41) is 20.0. The summed E-state index contributed by atoms with van der Waals surface area (Å²) in [5.41, 5.74) is 11.1. The van der Waals surface area contributed by atoms with Gasteiger partial charge in [0.1, 0.15) is 18.8 Å². The lowest BCUT2D eigenvalue weighted by atomic mass is 10.0. The molecule has 0 unspecified atom stereocenters. The van der Waals surface area contributed by atoms with Gasteiger partial charge in [0.05, 0.1) is 45.6 Å². The molecule has 0 rings (SSSR count). The molecule has 0 spiro atoms. The van der Waals surface area contributed by atoms with Crippen LogP contribution in [-0.2, 0) is 42.9 Å². The second kappa shape index (κ2) is 48.8. The Morgan fingerprint density at radius 3 is 1.57 bits per heavy atom. The summed E-state index contributed by atoms with van der Waals surface area (Å²) in [6.07, 6.45) is 30.7. The third-order valence-electron chi connectivity index (χ3n) is 11.3. The summed E-state index contributed by atoms with van der Waals surface area (Å²) < 4.78 is 21.9. The predicted molar refractivity (Wildman–Crippen MR) is 271 cm³/mol. The number of amides is 5. The second-order valence-corrected chi connectivity index (χ2v) is 18.8. The number of aliphatic hydroxyl groups is 1. The summed E-state index contributed by atoms with van der Waals surface area (Å²) in [6.45, 7) is 4.70. The van der Waals surface area contributed by atoms with Crippen LogP contribution in [0.2, 0.25) is 0 Å². The van der Waals surface area contributed by atoms with E-state index in [9.17, 15) is 33.9 Å². The molecule has 0 bridgehead atoms. The molecule has 0 saturated carbocycles. The maximum atomic E-state index is 12.9. The molecule has 0 heterocycles. The Morgan fingerprint density at radius 2 is 1.06 bits per heavy atom. The number of hydrogen-bond donors (Lipinski definition) is 7. The smallest absolute Gasteiger partial charge is 0.407 e. The first-order valence-corrected chi connectivity index (χ1v) is 27.5. The predicted octanol–water partition coefficient (Wildman–Crippen LogP) is 6.88. The van der Waals surface area contributed by atoms with Gasteiger partial charge in [0.2, 0.25) is 23.6 Å². The Morgan fingerprint density at radius 1 is 0.559 bits per heavy atom. The standard InChI is InChI=1S/C50H96N6O11S/c1-3-5-7-9-11-13-15-17-19-21-23-25-27-29-47(60)67-42(39-66-50(63)54-31-28-26-24-22-20-18-16-14-12-10-8-6-4-2)40-68-41-43(51)48(61)56-44(38-57)49(62)53-32-34-65-36-35-64-33-30-46(59)55-37-45(52)58/h42-44,57H,3-41,51H2,1-2H3,(H2,52,58)(H,53,62)(H,54,63)(H,55,59)(H,56,61)/t42-,43+,44+/m1/s1. The molecule has 3 atom stereocenters. The van der Waals surface area contributed by atoms with Gasteiger partial charge in [0, 0.05) is 37.4 Å². The van der Waals surface area contributed by atoms with E-state index in [0.29, 0.717) is 13.0 Å². The third kappa shape index (κ3) is 44.0. The van der Waals surface area contributed by atoms with Gasteiger partial charge in [-0.25, -0.2) is 4.79 Å². The van der Waals surface area contributed by atoms with Crippen LogP contribution in [0.4, 0.5) is 4.79 Å². The van der Waals surface area contributed by atoms with E-state index < -0.39 is 48.6 Å². The lowest BCUT2D eigenvalue weighted by Gasteiger charge is -2.20. The zero-order valence-electron chi connectivity index (χ0n) is 42.4. The highest BCUT2D eigenvalue weighted by atomic mass is 32.2. The zero-order chi connectivity index (χ0) is 50.1. The first kappa shape index (κ1) is 64.8. The molecule has 0 radical (unpaired) electrons. The summed E-state index contributed by atoms with van der Waals surface area (Å²) in [5.74, 6) is -2.31. The number of thioether (sulfide) groups is 1. The number of primary amides is 1. The Kier molecular flexibility index (Phi) is 46.5. The number of nitrogens with two attached hydrogens (primary N) is 2. The molecule has 0 fully saturated rings. The summed E-state index contributed by atoms with van der Waals surface area (Å²) in [6, 6.07) is -2.29. The number of carbonyl (C=O) groups is 6. The first-order chi connectivity index (χ1) is 33.0. The third-order valence-corrected chi connectivity index (χ3v) is 12.5. The van der Waals surface area contributed by atoms with E-state index in [1.165, 1.54) is 134 Å². The van der Waals surface area contributed by atoms with Crippen LogP contribution in [0.3, 0.4) is 0 Å². The molecule has 0 aliphatic rings. The quantitative estimate of drug-likeness (QED) is 0.0243. The Hall–Kier alpha value is -3.19. The van der Waals surface area contributed by atoms with Crippen molar-refractivity contribution in [3.8, 4) is 0 Å². The fraction of sp³-hybridized carbons (Fsp3) is 0.880. The number of hydrogen-bond acceptors (Lipinski definition) is 13. The van der Waals surface area contributed by atoms with Gasteiger partial charge in [-0.05, 0) is 12.8 Å². The van der Waals surface area contributed by atoms with Crippen LogP contribution in [0.5, 0.6) is 0 Å². The van der Waals surface area contributed by atoms with Crippen LogP contribution in [0.15, 0.2) is 0 Å². The summed E-state index contributed by atoms with van der Waals surface area (Å²) >= 11 is 1.25. The van der Waals surface area contributed by atoms with Crippen LogP contribution < -0.4 is 32.7 Å². The number of nitrogens with one attached hydrogen (secondary N) is 4. The topological polar surface area (TPSA) is 260 Å². The molecule has 0 aromatic carbocycles. The SMILES string of the molecule is CCCCCCCCCCCCCCCNC(=O)OC[C@H](CSC[C@H](N)C(=O)N[C@@H](CO)C(=O)NCCOCCOCCC(=O)NCC(N)=O)OC(=O)CCCCCCCCCCCCCCC. The molecular formula is C50H96N6O11S. The van der Waals surface area contributed by atoms with Gasteiger partial charge < -0.3 is 56.8 Å². The minimum atomic E-state index is -1.24. The van der Waals surface area contributed by atoms with Crippen molar-refractivity contribution in [3.63, 3.8) is 0 Å². The van der Waals surface area contributed by atoms with E-state index in [4.69, 9.17) is 30.4 Å². The normalized spacial score (nSPS) is 12.5. The van der Waals surface area contributed by atoms with Gasteiger partial charge in [0.25, 0.3) is 0 Å². The average molecular weight is 989 g/mol. The minimum Gasteiger partial charge on any atom is -0.458 e. The van der Waals surface area contributed by atoms with E-state index in [0.717, 1.165) is 38.5 Å². The Bertz CT molecular complexity index is 1270. The van der Waals surface area contributed by atoms with Crippen molar-refractivity contribution in [2.45, 2.75) is 212 Å². The Labute approximate surface area is 414 Å². The van der Waals surface area contributed by atoms with Crippen molar-refractivity contribution in [1.82, 2.24) is 21.3 Å². The molecule has 68 heavy (non-hydrogen) atoms. The van der Waals surface area contributed by atoms with Crippen molar-refractivity contribution in [3.05, 3.63) is 0 Å². The van der Waals surface area contributed by atoms with E-state index >= 15 is 0 Å². The number of carbonyl (C=O) groups excluding carboxylic acids is 6. The van der Waals surface area contributed by atoms with Gasteiger partial charge in [0.15, 0.2) is 0 Å². The number of esters is 1. The molecule has 18 heteroatoms. The molecule has 398 valence electrons. The van der Waals surface area contributed by atoms with Gasteiger partial charge in [-0.15, -0.1) is 0 Å². The molecule has 0 aromatic rings. The molecule has 5 amide bonds. The fourth-order valence-electron chi connectivity index (χ4n) is 7.21. The summed E-state index contributed by atoms with van der Waals surface area (Å²) in [4.78, 5) is 73.2. The van der Waals surface area contributed by atoms with Crippen LogP contribution in [0, 0.1) is 0 Å². The highest BCUT2D eigenvalue weighted by molar-refractivity contribution is 7.99. The maximum absolute atomic E-state index is 12.9. The highest BCUT2D eigenvalue weighted by Gasteiger charge is 2.24. The van der Waals surface area contributed by atoms with Crippen molar-refractivity contribution in [2.75, 3.05) is 70.8 Å². The van der Waals surface area contributed by atoms with Gasteiger partial charge in [-0.3, -0.25) is 24.0 Å². The fourth-order valence-corrected chi connectivity index (χ4v) is 8.18. The monoisotopic (exact) mass is 989 g/mol. The molecule has 0 aliphatic heterocycles. The summed E-state index contributed by atoms with van der Waals surface area (Å²) in [7, 11) is 0. The molecular weight excluding hydrogens is 893 g/mol. The molecule has 0 aliphatic carbocycles. The molecule has 9 N–H and O–H groups in total. The maximum Gasteiger partial charge on any atom is 0.407 e. The van der Waals surface area contributed by atoms with Gasteiger partial charge in [-0.1, -0.05) is 168 Å². The first-order valence-electron chi connectivity index (χ1n) is 26.4. The van der Waals surface area contributed by atoms with Crippen molar-refractivity contribution in [2.24, 2.45) is 11.5 Å². The van der Waals surface area contributed by atoms with Crippen molar-refractivity contribution < 1.29 is 52.8 Å². The molecule has 17 nitrogen and oxygen atoms in total. The van der Waals surface area contributed by atoms with Gasteiger partial charge >= 0.3 is 12.1 Å². The van der Waals surface area contributed by atoms with Crippen LogP contribution in [-0.4, -0.2) is 130 Å². The molecule has 0 aromatic heterocycles. The lowest BCUT2D eigenvalue weighted by molar-refractivity contribution is -0.150. The second-order valence-electron chi connectivity index (χ2n) is 17.8. The van der Waals surface area contributed by atoms with Crippen molar-refractivity contribution in [1.29, 1.82) is 0 Å². The van der Waals surface area contributed by atoms with Crippen molar-refractivity contribution >= 4 is 47.5 Å². The molecule has 0 saturated heterocycles. The number of rotatable bonds is 50. The van der Waals surface area contributed by atoms with Gasteiger partial charge in [-0.2, -0.15) is 11.8 Å². The number of aliphatic hydroxyl groups excluding tert-OH is 1. The zero-order valence-corrected chi connectivity index (χ0v) is 43.2. The number of unbranched alkanes of at least 4 members (excludes halogenated alkanes) is 24. The lowest BCUT2D eigenvalue weighted by Crippen LogP contribution is -2.54. The number of ether oxygens (including phenoxy) is 4. The van der Waals surface area contributed by atoms with Crippen LogP contribution in [0.1, 0.15) is 194 Å². The highest BCUT2D eigenvalue weighted by Crippen LogP contribution is 2.16. The van der Waals surface area contributed by atoms with E-state index in [1.807, 2.05) is 0 Å². The van der Waals surface area contributed by atoms with Crippen LogP contribution in [0.25, 0.3) is 0 Å². The average Bonchev–Trinajstić information content (AvgIpc) is 3.32. The van der Waals surface area contributed by atoms with E-state index in [1.54, 1.807) is 0 Å². The van der Waals surface area contributed by atoms with E-state index in [2.05, 4.69) is 35.1 Å². The largest absolute Gasteiger partial charge is 0.458 e. The minimum absolute atomic E-state index is 0.0597. The van der Waals surface area contributed by atoms with E-state index in [-0.39, 0.29) is 82.3 Å². The van der Waals surface area contributed by atoms with Crippen LogP contribution >= 0.6 is 11.8 Å². The Balaban J connectivity index is 4.67.